The molecule has 0 spiro atoms. The summed E-state index contributed by atoms with van der Waals surface area (Å²) in [6, 6.07) is 7.27. The summed E-state index contributed by atoms with van der Waals surface area (Å²) in [6.45, 7) is 4.74. The van der Waals surface area contributed by atoms with E-state index in [0.717, 1.165) is 22.1 Å². The molecule has 1 aromatic carbocycles. The molecule has 1 aromatic rings. The highest BCUT2D eigenvalue weighted by Crippen LogP contribution is 2.19. The van der Waals surface area contributed by atoms with Crippen molar-refractivity contribution in [2.45, 2.75) is 31.2 Å². The van der Waals surface area contributed by atoms with E-state index in [4.69, 9.17) is 17.3 Å². The summed E-state index contributed by atoms with van der Waals surface area (Å²) in [6.07, 6.45) is 0.718. The average molecular weight is 301 g/mol. The molecule has 0 bridgehead atoms. The minimum atomic E-state index is -0.402. The van der Waals surface area contributed by atoms with Crippen molar-refractivity contribution in [3.63, 3.8) is 0 Å². The van der Waals surface area contributed by atoms with Crippen LogP contribution in [0.2, 0.25) is 5.02 Å². The largest absolute Gasteiger partial charge is 0.354 e. The molecule has 0 saturated heterocycles. The van der Waals surface area contributed by atoms with Gasteiger partial charge in [-0.3, -0.25) is 4.79 Å². The zero-order chi connectivity index (χ0) is 14.3. The first-order valence-corrected chi connectivity index (χ1v) is 7.77. The molecule has 0 radical (unpaired) electrons. The first-order valence-electron chi connectivity index (χ1n) is 6.40. The molecule has 0 aliphatic heterocycles. The number of amides is 1. The molecular formula is C14H21ClN2OS. The number of carbonyl (C=O) groups is 1. The Bertz CT molecular complexity index is 395. The summed E-state index contributed by atoms with van der Waals surface area (Å²) in [5, 5.41) is 3.59. The van der Waals surface area contributed by atoms with E-state index >= 15 is 0 Å². The fraction of sp³-hybridized carbons (Fsp3) is 0.500. The van der Waals surface area contributed by atoms with Crippen molar-refractivity contribution in [2.24, 2.45) is 11.7 Å². The van der Waals surface area contributed by atoms with Gasteiger partial charge in [0.15, 0.2) is 0 Å². The molecule has 1 rings (SSSR count). The lowest BCUT2D eigenvalue weighted by Gasteiger charge is -2.13. The van der Waals surface area contributed by atoms with Crippen LogP contribution >= 0.6 is 23.4 Å². The van der Waals surface area contributed by atoms with Gasteiger partial charge in [-0.2, -0.15) is 0 Å². The highest BCUT2D eigenvalue weighted by molar-refractivity contribution is 7.99. The molecule has 106 valence electrons. The van der Waals surface area contributed by atoms with E-state index in [2.05, 4.69) is 19.2 Å². The van der Waals surface area contributed by atoms with Crippen molar-refractivity contribution in [3.05, 3.63) is 29.3 Å². The Balaban J connectivity index is 2.20. The quantitative estimate of drug-likeness (QED) is 0.601. The number of carbonyl (C=O) groups excluding carboxylic acids is 1. The monoisotopic (exact) mass is 300 g/mol. The normalized spacial score (nSPS) is 12.5. The number of nitrogens with one attached hydrogen (secondary N) is 1. The van der Waals surface area contributed by atoms with E-state index in [-0.39, 0.29) is 5.91 Å². The first-order chi connectivity index (χ1) is 8.99. The predicted molar refractivity (Wildman–Crippen MR) is 82.6 cm³/mol. The molecule has 1 amide bonds. The van der Waals surface area contributed by atoms with Crippen LogP contribution in [0.1, 0.15) is 20.3 Å². The third-order valence-electron chi connectivity index (χ3n) is 2.55. The fourth-order valence-electron chi connectivity index (χ4n) is 1.62. The second kappa shape index (κ2) is 8.46. The summed E-state index contributed by atoms with van der Waals surface area (Å²) in [4.78, 5) is 12.8. The van der Waals surface area contributed by atoms with Gasteiger partial charge in [0.05, 0.1) is 6.04 Å². The van der Waals surface area contributed by atoms with E-state index in [0.29, 0.717) is 12.5 Å². The van der Waals surface area contributed by atoms with E-state index in [1.807, 2.05) is 24.3 Å². The minimum Gasteiger partial charge on any atom is -0.354 e. The molecule has 3 nitrogen and oxygen atoms in total. The SMILES string of the molecule is CC(C)C[C@H](N)C(=O)NCCSc1ccc(Cl)cc1. The molecule has 0 heterocycles. The van der Waals surface area contributed by atoms with Gasteiger partial charge in [0.2, 0.25) is 5.91 Å². The molecular weight excluding hydrogens is 280 g/mol. The van der Waals surface area contributed by atoms with Crippen LogP contribution in [0.4, 0.5) is 0 Å². The van der Waals surface area contributed by atoms with E-state index in [1.54, 1.807) is 11.8 Å². The molecule has 0 saturated carbocycles. The smallest absolute Gasteiger partial charge is 0.236 e. The highest BCUT2D eigenvalue weighted by atomic mass is 35.5. The van der Waals surface area contributed by atoms with Crippen molar-refractivity contribution in [1.29, 1.82) is 0 Å². The molecule has 0 aliphatic carbocycles. The summed E-state index contributed by atoms with van der Waals surface area (Å²) < 4.78 is 0. The molecule has 3 N–H and O–H groups in total. The topological polar surface area (TPSA) is 55.1 Å². The number of hydrogen-bond acceptors (Lipinski definition) is 3. The molecule has 0 fully saturated rings. The Kier molecular flexibility index (Phi) is 7.28. The zero-order valence-electron chi connectivity index (χ0n) is 11.4. The fourth-order valence-corrected chi connectivity index (χ4v) is 2.51. The summed E-state index contributed by atoms with van der Waals surface area (Å²) in [5.41, 5.74) is 5.79. The summed E-state index contributed by atoms with van der Waals surface area (Å²) in [7, 11) is 0. The summed E-state index contributed by atoms with van der Waals surface area (Å²) >= 11 is 7.49. The zero-order valence-corrected chi connectivity index (χ0v) is 12.9. The van der Waals surface area contributed by atoms with Gasteiger partial charge in [0.25, 0.3) is 0 Å². The molecule has 1 atom stereocenters. The molecule has 5 heteroatoms. The van der Waals surface area contributed by atoms with Gasteiger partial charge in [0, 0.05) is 22.2 Å². The van der Waals surface area contributed by atoms with Gasteiger partial charge in [-0.1, -0.05) is 25.4 Å². The number of thioether (sulfide) groups is 1. The molecule has 0 aromatic heterocycles. The van der Waals surface area contributed by atoms with Crippen LogP contribution in [0.5, 0.6) is 0 Å². The number of benzene rings is 1. The number of nitrogens with two attached hydrogens (primary N) is 1. The maximum Gasteiger partial charge on any atom is 0.236 e. The van der Waals surface area contributed by atoms with Crippen LogP contribution in [-0.4, -0.2) is 24.2 Å². The van der Waals surface area contributed by atoms with Crippen LogP contribution in [-0.2, 0) is 4.79 Å². The van der Waals surface area contributed by atoms with Crippen LogP contribution in [0.25, 0.3) is 0 Å². The first kappa shape index (κ1) is 16.3. The summed E-state index contributed by atoms with van der Waals surface area (Å²) in [5.74, 6) is 1.19. The van der Waals surface area contributed by atoms with Gasteiger partial charge in [-0.05, 0) is 36.6 Å². The van der Waals surface area contributed by atoms with Gasteiger partial charge in [-0.25, -0.2) is 0 Å². The van der Waals surface area contributed by atoms with Crippen molar-refractivity contribution < 1.29 is 4.79 Å². The van der Waals surface area contributed by atoms with Crippen LogP contribution in [0.3, 0.4) is 0 Å². The van der Waals surface area contributed by atoms with Crippen molar-refractivity contribution in [2.75, 3.05) is 12.3 Å². The third-order valence-corrected chi connectivity index (χ3v) is 3.81. The molecule has 19 heavy (non-hydrogen) atoms. The number of hydrogen-bond donors (Lipinski definition) is 2. The Morgan fingerprint density at radius 3 is 2.58 bits per heavy atom. The number of halogens is 1. The maximum absolute atomic E-state index is 11.7. The van der Waals surface area contributed by atoms with Crippen molar-refractivity contribution >= 4 is 29.3 Å². The third kappa shape index (κ3) is 6.85. The van der Waals surface area contributed by atoms with E-state index < -0.39 is 6.04 Å². The van der Waals surface area contributed by atoms with Gasteiger partial charge in [0.1, 0.15) is 0 Å². The second-order valence-electron chi connectivity index (χ2n) is 4.83. The average Bonchev–Trinajstić information content (AvgIpc) is 2.35. The Labute approximate surface area is 124 Å². The van der Waals surface area contributed by atoms with Gasteiger partial charge in [-0.15, -0.1) is 11.8 Å². The lowest BCUT2D eigenvalue weighted by molar-refractivity contribution is -0.122. The maximum atomic E-state index is 11.7. The molecule has 0 aliphatic rings. The van der Waals surface area contributed by atoms with Crippen LogP contribution in [0.15, 0.2) is 29.2 Å². The number of rotatable bonds is 7. The van der Waals surface area contributed by atoms with Gasteiger partial charge < -0.3 is 11.1 Å². The van der Waals surface area contributed by atoms with E-state index in [9.17, 15) is 4.79 Å². The standard InChI is InChI=1S/C14H21ClN2OS/c1-10(2)9-13(16)14(18)17-7-8-19-12-5-3-11(15)4-6-12/h3-6,10,13H,7-9,16H2,1-2H3,(H,17,18)/t13-/m0/s1. The van der Waals surface area contributed by atoms with Crippen molar-refractivity contribution in [3.8, 4) is 0 Å². The van der Waals surface area contributed by atoms with Gasteiger partial charge >= 0.3 is 0 Å². The lowest BCUT2D eigenvalue weighted by Crippen LogP contribution is -2.42. The Morgan fingerprint density at radius 1 is 1.37 bits per heavy atom. The lowest BCUT2D eigenvalue weighted by atomic mass is 10.0. The predicted octanol–water partition coefficient (Wildman–Crippen LogP) is 2.92. The second-order valence-corrected chi connectivity index (χ2v) is 6.43. The minimum absolute atomic E-state index is 0.0644. The van der Waals surface area contributed by atoms with E-state index in [1.165, 1.54) is 0 Å². The Morgan fingerprint density at radius 2 is 2.00 bits per heavy atom. The Hall–Kier alpha value is -0.710. The van der Waals surface area contributed by atoms with Crippen LogP contribution in [0, 0.1) is 5.92 Å². The highest BCUT2D eigenvalue weighted by Gasteiger charge is 2.13. The van der Waals surface area contributed by atoms with Crippen molar-refractivity contribution in [1.82, 2.24) is 5.32 Å². The van der Waals surface area contributed by atoms with Crippen LogP contribution < -0.4 is 11.1 Å². The molecule has 0 unspecified atom stereocenters.